The van der Waals surface area contributed by atoms with Gasteiger partial charge in [-0.05, 0) is 36.4 Å². The number of quaternary nitrogens is 1. The van der Waals surface area contributed by atoms with E-state index in [0.29, 0.717) is 4.48 Å². The van der Waals surface area contributed by atoms with Crippen LogP contribution in [-0.2, 0) is 0 Å². The summed E-state index contributed by atoms with van der Waals surface area (Å²) in [5.41, 5.74) is 3.76. The zero-order chi connectivity index (χ0) is 17.4. The largest absolute Gasteiger partial charge is 0.427 e. The lowest BCUT2D eigenvalue weighted by molar-refractivity contribution is -1.73. The minimum absolute atomic E-state index is 0.669. The molecule has 24 heavy (non-hydrogen) atoms. The summed E-state index contributed by atoms with van der Waals surface area (Å²) in [7, 11) is 2.24. The van der Waals surface area contributed by atoms with Crippen LogP contribution in [0.1, 0.15) is 0 Å². The van der Waals surface area contributed by atoms with Gasteiger partial charge in [0.1, 0.15) is 17.1 Å². The molecule has 124 valence electrons. The maximum atomic E-state index is 8.57. The second kappa shape index (κ2) is 8.91. The molecular formula is C19H18INO3. The van der Waals surface area contributed by atoms with Gasteiger partial charge in [-0.3, -0.25) is 0 Å². The highest BCUT2D eigenvalue weighted by molar-refractivity contribution is 5.69. The number of nitrogens with zero attached hydrogens (tertiary/aromatic N) is 1. The zero-order valence-corrected chi connectivity index (χ0v) is 15.4. The van der Waals surface area contributed by atoms with E-state index in [2.05, 4.69) is 98.0 Å². The molecule has 0 saturated carbocycles. The Morgan fingerprint density at radius 1 is 0.542 bits per heavy atom. The normalized spacial score (nSPS) is 10.9. The standard InChI is InChI=1S/C19H18N.IO3/c1-20(17-11-5-2-6-12-17,18-13-7-3-8-14-18)19-15-9-4-10-16-19;2-1(3)4/h2-16H,1H3;/q+1;-1. The number of hydrogen-bond acceptors (Lipinski definition) is 3. The number of halogens is 1. The lowest BCUT2D eigenvalue weighted by atomic mass is 10.1. The monoisotopic (exact) mass is 435 g/mol. The van der Waals surface area contributed by atoms with Gasteiger partial charge in [0.15, 0.2) is 0 Å². The predicted octanol–water partition coefficient (Wildman–Crippen LogP) is -1.28. The van der Waals surface area contributed by atoms with Crippen molar-refractivity contribution in [2.24, 2.45) is 0 Å². The number of benzene rings is 3. The topological polar surface area (TPSA) is 69.2 Å². The Hall–Kier alpha value is -1.77. The first-order valence-corrected chi connectivity index (χ1v) is 9.96. The first-order valence-electron chi connectivity index (χ1n) is 7.31. The predicted molar refractivity (Wildman–Crippen MR) is 86.4 cm³/mol. The lowest BCUT2D eigenvalue weighted by Gasteiger charge is -2.33. The van der Waals surface area contributed by atoms with Gasteiger partial charge in [-0.15, -0.1) is 0 Å². The molecule has 0 fully saturated rings. The Kier molecular flexibility index (Phi) is 6.89. The van der Waals surface area contributed by atoms with Gasteiger partial charge < -0.3 is 10.3 Å². The summed E-state index contributed by atoms with van der Waals surface area (Å²) in [6.45, 7) is 0. The van der Waals surface area contributed by atoms with Crippen LogP contribution in [0.15, 0.2) is 91.0 Å². The van der Waals surface area contributed by atoms with Crippen LogP contribution >= 0.6 is 0 Å². The third-order valence-corrected chi connectivity index (χ3v) is 3.82. The highest BCUT2D eigenvalue weighted by atomic mass is 127. The summed E-state index contributed by atoms with van der Waals surface area (Å²) in [5, 5.41) is 0. The van der Waals surface area contributed by atoms with Crippen molar-refractivity contribution in [3.63, 3.8) is 0 Å². The molecule has 0 atom stereocenters. The minimum atomic E-state index is -4.01. The molecule has 0 spiro atoms. The fraction of sp³-hybridized carbons (Fsp3) is 0.0526. The van der Waals surface area contributed by atoms with Crippen molar-refractivity contribution in [2.75, 3.05) is 7.05 Å². The van der Waals surface area contributed by atoms with Crippen molar-refractivity contribution >= 4 is 17.1 Å². The lowest BCUT2D eigenvalue weighted by Crippen LogP contribution is -4.05. The average Bonchev–Trinajstić information content (AvgIpc) is 2.63. The molecule has 0 heterocycles. The molecule has 0 saturated heterocycles. The molecule has 0 N–H and O–H groups in total. The highest BCUT2D eigenvalue weighted by Gasteiger charge is 2.30. The Morgan fingerprint density at radius 3 is 0.958 bits per heavy atom. The van der Waals surface area contributed by atoms with Gasteiger partial charge in [-0.25, -0.2) is 4.48 Å². The van der Waals surface area contributed by atoms with Gasteiger partial charge in [0.05, 0.1) is 7.05 Å². The van der Waals surface area contributed by atoms with E-state index in [-0.39, 0.29) is 0 Å². The van der Waals surface area contributed by atoms with Crippen molar-refractivity contribution in [3.8, 4) is 0 Å². The van der Waals surface area contributed by atoms with Crippen molar-refractivity contribution in [1.29, 1.82) is 0 Å². The molecule has 0 unspecified atom stereocenters. The van der Waals surface area contributed by atoms with Crippen LogP contribution in [0.3, 0.4) is 0 Å². The summed E-state index contributed by atoms with van der Waals surface area (Å²) in [5.74, 6) is 0. The molecule has 3 aromatic carbocycles. The molecule has 0 bridgehead atoms. The van der Waals surface area contributed by atoms with Gasteiger partial charge >= 0.3 is 0 Å². The maximum Gasteiger partial charge on any atom is 0.282 e. The van der Waals surface area contributed by atoms with E-state index in [0.717, 1.165) is 0 Å². The number of rotatable bonds is 3. The van der Waals surface area contributed by atoms with E-state index in [1.165, 1.54) is 17.1 Å². The summed E-state index contributed by atoms with van der Waals surface area (Å²) in [4.78, 5) is 0. The van der Waals surface area contributed by atoms with Crippen LogP contribution in [-0.4, -0.2) is 7.05 Å². The van der Waals surface area contributed by atoms with Crippen molar-refractivity contribution < 1.29 is 31.4 Å². The summed E-state index contributed by atoms with van der Waals surface area (Å²) >= 11 is -4.01. The van der Waals surface area contributed by atoms with E-state index in [1.807, 2.05) is 0 Å². The van der Waals surface area contributed by atoms with Gasteiger partial charge in [0, 0.05) is 0 Å². The number of hydrogen-bond donors (Lipinski definition) is 0. The van der Waals surface area contributed by atoms with E-state index in [9.17, 15) is 0 Å². The summed E-state index contributed by atoms with van der Waals surface area (Å²) in [6, 6.07) is 31.8. The van der Waals surface area contributed by atoms with Gasteiger partial charge in [-0.1, -0.05) is 54.6 Å². The zero-order valence-electron chi connectivity index (χ0n) is 13.2. The molecule has 5 heteroatoms. The molecule has 3 rings (SSSR count). The molecule has 0 aliphatic heterocycles. The van der Waals surface area contributed by atoms with Crippen molar-refractivity contribution in [3.05, 3.63) is 91.0 Å². The van der Waals surface area contributed by atoms with Gasteiger partial charge in [0.25, 0.3) is 21.1 Å². The molecule has 0 aliphatic rings. The van der Waals surface area contributed by atoms with Crippen LogP contribution in [0.2, 0.25) is 0 Å². The molecule has 0 amide bonds. The van der Waals surface area contributed by atoms with E-state index < -0.39 is 21.1 Å². The second-order valence-corrected chi connectivity index (χ2v) is 6.28. The molecule has 0 radical (unpaired) electrons. The first kappa shape index (κ1) is 18.6. The molecule has 0 aromatic heterocycles. The van der Waals surface area contributed by atoms with Crippen LogP contribution in [0, 0.1) is 0 Å². The van der Waals surface area contributed by atoms with E-state index in [4.69, 9.17) is 10.3 Å². The maximum absolute atomic E-state index is 8.57. The van der Waals surface area contributed by atoms with Gasteiger partial charge in [0.2, 0.25) is 0 Å². The first-order chi connectivity index (χ1) is 11.5. The van der Waals surface area contributed by atoms with E-state index in [1.54, 1.807) is 0 Å². The third-order valence-electron chi connectivity index (χ3n) is 3.82. The molecule has 0 aliphatic carbocycles. The fourth-order valence-electron chi connectivity index (χ4n) is 2.63. The molecule has 3 aromatic rings. The van der Waals surface area contributed by atoms with Crippen LogP contribution in [0.5, 0.6) is 0 Å². The smallest absolute Gasteiger partial charge is 0.282 e. The minimum Gasteiger partial charge on any atom is -0.427 e. The van der Waals surface area contributed by atoms with Crippen LogP contribution in [0.25, 0.3) is 0 Å². The Bertz CT molecular complexity index is 622. The van der Waals surface area contributed by atoms with Crippen LogP contribution < -0.4 is 35.9 Å². The van der Waals surface area contributed by atoms with Crippen LogP contribution in [0.4, 0.5) is 17.1 Å². The Balaban J connectivity index is 0.000000471. The number of para-hydroxylation sites is 3. The quantitative estimate of drug-likeness (QED) is 0.381. The summed E-state index contributed by atoms with van der Waals surface area (Å²) < 4.78 is 26.4. The SMILES string of the molecule is C[N+](c1ccccc1)(c1ccccc1)c1ccccc1.[O-][I+2]([O-])[O-]. The highest BCUT2D eigenvalue weighted by Crippen LogP contribution is 2.40. The third kappa shape index (κ3) is 4.62. The fourth-order valence-corrected chi connectivity index (χ4v) is 2.63. The molecule has 4 nitrogen and oxygen atoms in total. The second-order valence-electron chi connectivity index (χ2n) is 5.20. The Labute approximate surface area is 150 Å². The van der Waals surface area contributed by atoms with Gasteiger partial charge in [-0.2, -0.15) is 0 Å². The molecular weight excluding hydrogens is 417 g/mol. The van der Waals surface area contributed by atoms with Crippen molar-refractivity contribution in [1.82, 2.24) is 4.48 Å². The average molecular weight is 435 g/mol. The Morgan fingerprint density at radius 2 is 0.750 bits per heavy atom. The summed E-state index contributed by atoms with van der Waals surface area (Å²) in [6.07, 6.45) is 0. The van der Waals surface area contributed by atoms with E-state index >= 15 is 0 Å². The van der Waals surface area contributed by atoms with Crippen molar-refractivity contribution in [2.45, 2.75) is 0 Å².